The van der Waals surface area contributed by atoms with E-state index in [4.69, 9.17) is 9.47 Å². The van der Waals surface area contributed by atoms with E-state index in [1.165, 1.54) is 12.8 Å². The molecule has 158 valence electrons. The molecule has 2 fully saturated rings. The average Bonchev–Trinajstić information content (AvgIpc) is 3.18. The normalized spacial score (nSPS) is 19.5. The van der Waals surface area contributed by atoms with Gasteiger partial charge in [-0.25, -0.2) is 0 Å². The Morgan fingerprint density at radius 1 is 1.20 bits per heavy atom. The van der Waals surface area contributed by atoms with Crippen molar-refractivity contribution in [2.24, 2.45) is 5.41 Å². The Morgan fingerprint density at radius 3 is 2.77 bits per heavy atom. The van der Waals surface area contributed by atoms with E-state index < -0.39 is 0 Å². The first-order valence-electron chi connectivity index (χ1n) is 10.6. The molecule has 7 heteroatoms. The minimum absolute atomic E-state index is 0.164. The van der Waals surface area contributed by atoms with E-state index >= 15 is 0 Å². The summed E-state index contributed by atoms with van der Waals surface area (Å²) in [5.41, 5.74) is 1.98. The third-order valence-electron chi connectivity index (χ3n) is 6.75. The average molecular weight is 409 g/mol. The first-order chi connectivity index (χ1) is 14.5. The highest BCUT2D eigenvalue weighted by Crippen LogP contribution is 2.47. The third-order valence-corrected chi connectivity index (χ3v) is 6.75. The van der Waals surface area contributed by atoms with E-state index in [-0.39, 0.29) is 29.9 Å². The number of nitrogens with zero attached hydrogens (tertiary/aromatic N) is 1. The fourth-order valence-electron chi connectivity index (χ4n) is 5.01. The van der Waals surface area contributed by atoms with Gasteiger partial charge in [-0.3, -0.25) is 9.59 Å². The molecule has 0 unspecified atom stereocenters. The van der Waals surface area contributed by atoms with Gasteiger partial charge in [0.15, 0.2) is 11.5 Å². The Morgan fingerprint density at radius 2 is 1.97 bits per heavy atom. The monoisotopic (exact) mass is 409 g/mol. The number of aryl methyl sites for hydroxylation is 1. The summed E-state index contributed by atoms with van der Waals surface area (Å²) in [6.45, 7) is 4.52. The van der Waals surface area contributed by atoms with Gasteiger partial charge in [-0.2, -0.15) is 0 Å². The van der Waals surface area contributed by atoms with Crippen molar-refractivity contribution in [2.75, 3.05) is 19.9 Å². The number of carbonyl (C=O) groups excluding carboxylic acids is 1. The molecule has 1 amide bonds. The number of benzene rings is 1. The molecule has 1 saturated heterocycles. The number of fused-ring (bicyclic) bond motifs is 1. The van der Waals surface area contributed by atoms with E-state index in [2.05, 4.69) is 10.6 Å². The molecule has 2 aromatic rings. The Kier molecular flexibility index (Phi) is 4.77. The van der Waals surface area contributed by atoms with E-state index in [1.807, 2.05) is 31.2 Å². The zero-order chi connectivity index (χ0) is 20.7. The number of hydrogen-bond acceptors (Lipinski definition) is 5. The first-order valence-corrected chi connectivity index (χ1v) is 10.6. The number of pyridine rings is 1. The maximum absolute atomic E-state index is 13.1. The van der Waals surface area contributed by atoms with Crippen molar-refractivity contribution in [3.63, 3.8) is 0 Å². The predicted molar refractivity (Wildman–Crippen MR) is 112 cm³/mol. The summed E-state index contributed by atoms with van der Waals surface area (Å²) in [5, 5.41) is 6.50. The Hall–Kier alpha value is -2.80. The molecular weight excluding hydrogens is 382 g/mol. The number of amides is 1. The van der Waals surface area contributed by atoms with Gasteiger partial charge in [-0.15, -0.1) is 0 Å². The third kappa shape index (κ3) is 3.47. The van der Waals surface area contributed by atoms with E-state index in [0.29, 0.717) is 29.0 Å². The maximum atomic E-state index is 13.1. The van der Waals surface area contributed by atoms with Crippen molar-refractivity contribution in [3.8, 4) is 11.5 Å². The number of hydrogen-bond donors (Lipinski definition) is 2. The van der Waals surface area contributed by atoms with Crippen molar-refractivity contribution in [1.29, 1.82) is 0 Å². The van der Waals surface area contributed by atoms with Crippen LogP contribution in [0.1, 0.15) is 47.2 Å². The SMILES string of the molecule is Cc1ccn(Cc2ccc3c(c2)OCO3)c(=O)c1C(=O)NC1CC2(CCNCC2)C1. The summed E-state index contributed by atoms with van der Waals surface area (Å²) in [6, 6.07) is 7.63. The second-order valence-electron chi connectivity index (χ2n) is 8.82. The zero-order valence-corrected chi connectivity index (χ0v) is 17.2. The molecule has 1 saturated carbocycles. The van der Waals surface area contributed by atoms with Gasteiger partial charge in [0.2, 0.25) is 6.79 Å². The molecule has 2 aliphatic heterocycles. The number of rotatable bonds is 4. The van der Waals surface area contributed by atoms with Crippen LogP contribution in [0.5, 0.6) is 11.5 Å². The van der Waals surface area contributed by atoms with Crippen molar-refractivity contribution in [3.05, 3.63) is 57.5 Å². The highest BCUT2D eigenvalue weighted by Gasteiger charge is 2.45. The summed E-state index contributed by atoms with van der Waals surface area (Å²) in [6.07, 6.45) is 6.11. The number of aromatic nitrogens is 1. The maximum Gasteiger partial charge on any atom is 0.263 e. The molecule has 7 nitrogen and oxygen atoms in total. The van der Waals surface area contributed by atoms with E-state index in [9.17, 15) is 9.59 Å². The van der Waals surface area contributed by atoms with E-state index in [1.54, 1.807) is 10.8 Å². The Labute approximate surface area is 175 Å². The molecule has 30 heavy (non-hydrogen) atoms. The minimum atomic E-state index is -0.263. The summed E-state index contributed by atoms with van der Waals surface area (Å²) in [7, 11) is 0. The van der Waals surface area contributed by atoms with Crippen LogP contribution in [0.25, 0.3) is 0 Å². The van der Waals surface area contributed by atoms with Crippen molar-refractivity contribution >= 4 is 5.91 Å². The Bertz CT molecular complexity index is 1030. The lowest BCUT2D eigenvalue weighted by Gasteiger charge is -2.50. The van der Waals surface area contributed by atoms with Crippen LogP contribution in [-0.4, -0.2) is 36.4 Å². The highest BCUT2D eigenvalue weighted by molar-refractivity contribution is 5.95. The predicted octanol–water partition coefficient (Wildman–Crippen LogP) is 2.20. The summed E-state index contributed by atoms with van der Waals surface area (Å²) >= 11 is 0. The quantitative estimate of drug-likeness (QED) is 0.809. The van der Waals surface area contributed by atoms with Crippen LogP contribution in [0.15, 0.2) is 35.3 Å². The second-order valence-corrected chi connectivity index (χ2v) is 8.82. The largest absolute Gasteiger partial charge is 0.454 e. The van der Waals surface area contributed by atoms with Crippen LogP contribution in [0.2, 0.25) is 0 Å². The molecule has 0 radical (unpaired) electrons. The van der Waals surface area contributed by atoms with Crippen molar-refractivity contribution in [2.45, 2.75) is 45.2 Å². The molecule has 5 rings (SSSR count). The topological polar surface area (TPSA) is 81.6 Å². The van der Waals surface area contributed by atoms with Crippen LogP contribution in [0.4, 0.5) is 0 Å². The second kappa shape index (κ2) is 7.47. The van der Waals surface area contributed by atoms with Gasteiger partial charge in [0.25, 0.3) is 11.5 Å². The minimum Gasteiger partial charge on any atom is -0.454 e. The van der Waals surface area contributed by atoms with Gasteiger partial charge >= 0.3 is 0 Å². The lowest BCUT2D eigenvalue weighted by atomic mass is 9.60. The molecule has 1 aromatic heterocycles. The lowest BCUT2D eigenvalue weighted by molar-refractivity contribution is 0.0422. The van der Waals surface area contributed by atoms with Gasteiger partial charge < -0.3 is 24.7 Å². The van der Waals surface area contributed by atoms with Crippen LogP contribution < -0.4 is 25.7 Å². The van der Waals surface area contributed by atoms with Crippen LogP contribution in [0, 0.1) is 12.3 Å². The fraction of sp³-hybridized carbons (Fsp3) is 0.478. The van der Waals surface area contributed by atoms with Gasteiger partial charge in [0, 0.05) is 12.2 Å². The zero-order valence-electron chi connectivity index (χ0n) is 17.2. The molecule has 0 bridgehead atoms. The number of ether oxygens (including phenoxy) is 2. The number of piperidine rings is 1. The molecule has 2 N–H and O–H groups in total. The molecule has 0 atom stereocenters. The molecular formula is C23H27N3O4. The standard InChI is InChI=1S/C23H27N3O4/c1-15-4-9-26(13-16-2-3-18-19(10-16)30-14-29-18)22(28)20(15)21(27)25-17-11-23(12-17)5-7-24-8-6-23/h2-4,9-10,17,24H,5-8,11-14H2,1H3,(H,25,27). The molecule has 1 spiro atoms. The molecule has 1 aliphatic carbocycles. The smallest absolute Gasteiger partial charge is 0.263 e. The molecule has 1 aromatic carbocycles. The summed E-state index contributed by atoms with van der Waals surface area (Å²) in [4.78, 5) is 26.0. The van der Waals surface area contributed by atoms with Crippen LogP contribution in [0.3, 0.4) is 0 Å². The van der Waals surface area contributed by atoms with Crippen molar-refractivity contribution in [1.82, 2.24) is 15.2 Å². The van der Waals surface area contributed by atoms with Crippen LogP contribution in [-0.2, 0) is 6.54 Å². The van der Waals surface area contributed by atoms with E-state index in [0.717, 1.165) is 31.5 Å². The van der Waals surface area contributed by atoms with Gasteiger partial charge in [0.05, 0.1) is 6.54 Å². The van der Waals surface area contributed by atoms with Crippen LogP contribution >= 0.6 is 0 Å². The Balaban J connectivity index is 1.30. The molecule has 3 aliphatic rings. The highest BCUT2D eigenvalue weighted by atomic mass is 16.7. The van der Waals surface area contributed by atoms with Gasteiger partial charge in [-0.1, -0.05) is 6.07 Å². The lowest BCUT2D eigenvalue weighted by Crippen LogP contribution is -2.54. The fourth-order valence-corrected chi connectivity index (χ4v) is 5.01. The first kappa shape index (κ1) is 19.2. The summed E-state index contributed by atoms with van der Waals surface area (Å²) in [5.74, 6) is 1.14. The summed E-state index contributed by atoms with van der Waals surface area (Å²) < 4.78 is 12.3. The number of nitrogens with one attached hydrogen (secondary N) is 2. The van der Waals surface area contributed by atoms with Gasteiger partial charge in [-0.05, 0) is 80.4 Å². The van der Waals surface area contributed by atoms with Crippen molar-refractivity contribution < 1.29 is 14.3 Å². The number of carbonyl (C=O) groups is 1. The molecule has 3 heterocycles. The van der Waals surface area contributed by atoms with Gasteiger partial charge in [0.1, 0.15) is 5.56 Å².